The summed E-state index contributed by atoms with van der Waals surface area (Å²) in [5.41, 5.74) is 0. The zero-order valence-corrected chi connectivity index (χ0v) is 7.33. The van der Waals surface area contributed by atoms with E-state index in [9.17, 15) is 9.18 Å². The molecule has 2 heterocycles. The van der Waals surface area contributed by atoms with Crippen LogP contribution in [-0.2, 0) is 0 Å². The molecule has 0 aliphatic heterocycles. The van der Waals surface area contributed by atoms with E-state index in [4.69, 9.17) is 5.11 Å². The summed E-state index contributed by atoms with van der Waals surface area (Å²) < 4.78 is 13.7. The number of carboxylic acid groups (broad SMARTS) is 1. The monoisotopic (exact) mass is 208 g/mol. The average molecular weight is 208 g/mol. The first-order valence-corrected chi connectivity index (χ1v) is 3.93. The van der Waals surface area contributed by atoms with E-state index < -0.39 is 11.8 Å². The van der Waals surface area contributed by atoms with Crippen molar-refractivity contribution in [1.82, 2.24) is 19.5 Å². The van der Waals surface area contributed by atoms with Crippen molar-refractivity contribution in [2.75, 3.05) is 0 Å². The lowest BCUT2D eigenvalue weighted by Crippen LogP contribution is -2.10. The SMILES string of the molecule is O=C(O)c1nccn1-c1ncc(F)cn1. The lowest BCUT2D eigenvalue weighted by molar-refractivity contribution is 0.0681. The number of aromatic carboxylic acids is 1. The summed E-state index contributed by atoms with van der Waals surface area (Å²) in [4.78, 5) is 21.6. The van der Waals surface area contributed by atoms with Gasteiger partial charge in [-0.05, 0) is 0 Å². The second-order valence-corrected chi connectivity index (χ2v) is 2.63. The van der Waals surface area contributed by atoms with Crippen LogP contribution < -0.4 is 0 Å². The van der Waals surface area contributed by atoms with Crippen LogP contribution in [0.3, 0.4) is 0 Å². The van der Waals surface area contributed by atoms with Gasteiger partial charge in [0.2, 0.25) is 11.8 Å². The smallest absolute Gasteiger partial charge is 0.372 e. The van der Waals surface area contributed by atoms with Gasteiger partial charge in [-0.3, -0.25) is 4.57 Å². The molecule has 6 nitrogen and oxygen atoms in total. The summed E-state index contributed by atoms with van der Waals surface area (Å²) in [6, 6.07) is 0. The van der Waals surface area contributed by atoms with E-state index in [1.165, 1.54) is 12.4 Å². The number of halogens is 1. The standard InChI is InChI=1S/C8H5FN4O2/c9-5-3-11-8(12-4-5)13-2-1-10-6(13)7(14)15/h1-4H,(H,14,15). The molecule has 0 saturated heterocycles. The molecule has 76 valence electrons. The first-order chi connectivity index (χ1) is 7.18. The molecule has 0 spiro atoms. The number of aromatic nitrogens is 4. The quantitative estimate of drug-likeness (QED) is 0.777. The number of nitrogens with zero attached hydrogens (tertiary/aromatic N) is 4. The molecule has 0 bridgehead atoms. The lowest BCUT2D eigenvalue weighted by atomic mass is 10.6. The van der Waals surface area contributed by atoms with E-state index >= 15 is 0 Å². The van der Waals surface area contributed by atoms with Crippen molar-refractivity contribution in [1.29, 1.82) is 0 Å². The Morgan fingerprint density at radius 1 is 1.33 bits per heavy atom. The number of imidazole rings is 1. The number of rotatable bonds is 2. The van der Waals surface area contributed by atoms with Crippen LogP contribution in [0.4, 0.5) is 4.39 Å². The molecule has 7 heteroatoms. The van der Waals surface area contributed by atoms with Gasteiger partial charge >= 0.3 is 5.97 Å². The Morgan fingerprint density at radius 3 is 2.60 bits per heavy atom. The van der Waals surface area contributed by atoms with Crippen molar-refractivity contribution < 1.29 is 14.3 Å². The minimum atomic E-state index is -1.20. The molecule has 0 aliphatic rings. The molecule has 0 aromatic carbocycles. The van der Waals surface area contributed by atoms with Crippen LogP contribution in [0, 0.1) is 5.82 Å². The normalized spacial score (nSPS) is 10.2. The van der Waals surface area contributed by atoms with Gasteiger partial charge in [0.1, 0.15) is 0 Å². The van der Waals surface area contributed by atoms with E-state index in [1.54, 1.807) is 0 Å². The molecule has 15 heavy (non-hydrogen) atoms. The van der Waals surface area contributed by atoms with Gasteiger partial charge in [0, 0.05) is 12.4 Å². The van der Waals surface area contributed by atoms with Gasteiger partial charge in [-0.25, -0.2) is 24.1 Å². The molecule has 2 rings (SSSR count). The maximum atomic E-state index is 12.5. The van der Waals surface area contributed by atoms with Gasteiger partial charge < -0.3 is 5.11 Å². The predicted octanol–water partition coefficient (Wildman–Crippen LogP) is 0.500. The molecule has 0 radical (unpaired) electrons. The van der Waals surface area contributed by atoms with Crippen molar-refractivity contribution in [2.24, 2.45) is 0 Å². The van der Waals surface area contributed by atoms with Crippen LogP contribution in [0.5, 0.6) is 0 Å². The fraction of sp³-hybridized carbons (Fsp3) is 0. The molecular weight excluding hydrogens is 203 g/mol. The summed E-state index contributed by atoms with van der Waals surface area (Å²) in [6.45, 7) is 0. The van der Waals surface area contributed by atoms with Gasteiger partial charge in [0.05, 0.1) is 12.4 Å². The number of carbonyl (C=O) groups is 1. The molecule has 2 aromatic rings. The zero-order chi connectivity index (χ0) is 10.8. The van der Waals surface area contributed by atoms with Crippen LogP contribution >= 0.6 is 0 Å². The Labute approximate surface area is 83.1 Å². The third kappa shape index (κ3) is 1.66. The number of carboxylic acids is 1. The van der Waals surface area contributed by atoms with Gasteiger partial charge in [-0.2, -0.15) is 0 Å². The Kier molecular flexibility index (Phi) is 2.13. The van der Waals surface area contributed by atoms with Crippen LogP contribution in [0.25, 0.3) is 5.95 Å². The predicted molar refractivity (Wildman–Crippen MR) is 46.1 cm³/mol. The summed E-state index contributed by atoms with van der Waals surface area (Å²) in [7, 11) is 0. The molecule has 0 atom stereocenters. The summed E-state index contributed by atoms with van der Waals surface area (Å²) in [5, 5.41) is 8.76. The minimum Gasteiger partial charge on any atom is -0.475 e. The number of hydrogen-bond acceptors (Lipinski definition) is 4. The highest BCUT2D eigenvalue weighted by Crippen LogP contribution is 2.05. The fourth-order valence-corrected chi connectivity index (χ4v) is 1.05. The molecule has 0 saturated carbocycles. The van der Waals surface area contributed by atoms with Crippen LogP contribution in [0.15, 0.2) is 24.8 Å². The Balaban J connectivity index is 2.49. The Bertz CT molecular complexity index is 494. The zero-order valence-electron chi connectivity index (χ0n) is 7.33. The van der Waals surface area contributed by atoms with Crippen molar-refractivity contribution in [3.05, 3.63) is 36.4 Å². The van der Waals surface area contributed by atoms with Crippen molar-refractivity contribution in [3.63, 3.8) is 0 Å². The molecular formula is C8H5FN4O2. The number of hydrogen-bond donors (Lipinski definition) is 1. The summed E-state index contributed by atoms with van der Waals surface area (Å²) >= 11 is 0. The van der Waals surface area contributed by atoms with E-state index in [-0.39, 0.29) is 11.8 Å². The molecule has 2 aromatic heterocycles. The summed E-state index contributed by atoms with van der Waals surface area (Å²) in [5.74, 6) is -1.95. The third-order valence-corrected chi connectivity index (χ3v) is 1.65. The van der Waals surface area contributed by atoms with Gasteiger partial charge in [0.25, 0.3) is 0 Å². The highest BCUT2D eigenvalue weighted by atomic mass is 19.1. The van der Waals surface area contributed by atoms with E-state index in [0.717, 1.165) is 17.0 Å². The highest BCUT2D eigenvalue weighted by Gasteiger charge is 2.13. The second kappa shape index (κ2) is 3.45. The largest absolute Gasteiger partial charge is 0.475 e. The van der Waals surface area contributed by atoms with E-state index in [0.29, 0.717) is 0 Å². The first kappa shape index (κ1) is 9.25. The first-order valence-electron chi connectivity index (χ1n) is 3.93. The summed E-state index contributed by atoms with van der Waals surface area (Å²) in [6.07, 6.45) is 4.59. The Morgan fingerprint density at radius 2 is 2.00 bits per heavy atom. The molecule has 0 aliphatic carbocycles. The third-order valence-electron chi connectivity index (χ3n) is 1.65. The molecule has 0 fully saturated rings. The van der Waals surface area contributed by atoms with Gasteiger partial charge in [0.15, 0.2) is 5.82 Å². The molecule has 1 N–H and O–H groups in total. The average Bonchev–Trinajstić information content (AvgIpc) is 2.67. The van der Waals surface area contributed by atoms with Crippen molar-refractivity contribution in [2.45, 2.75) is 0 Å². The highest BCUT2D eigenvalue weighted by molar-refractivity contribution is 5.84. The van der Waals surface area contributed by atoms with E-state index in [1.807, 2.05) is 0 Å². The van der Waals surface area contributed by atoms with Gasteiger partial charge in [-0.15, -0.1) is 0 Å². The maximum Gasteiger partial charge on any atom is 0.372 e. The molecule has 0 unspecified atom stereocenters. The maximum absolute atomic E-state index is 12.5. The van der Waals surface area contributed by atoms with Crippen molar-refractivity contribution in [3.8, 4) is 5.95 Å². The second-order valence-electron chi connectivity index (χ2n) is 2.63. The van der Waals surface area contributed by atoms with Gasteiger partial charge in [-0.1, -0.05) is 0 Å². The Hall–Kier alpha value is -2.31. The van der Waals surface area contributed by atoms with Crippen LogP contribution in [-0.4, -0.2) is 30.6 Å². The fourth-order valence-electron chi connectivity index (χ4n) is 1.05. The van der Waals surface area contributed by atoms with Crippen LogP contribution in [0.1, 0.15) is 10.6 Å². The molecule has 0 amide bonds. The topological polar surface area (TPSA) is 80.9 Å². The van der Waals surface area contributed by atoms with Crippen molar-refractivity contribution >= 4 is 5.97 Å². The van der Waals surface area contributed by atoms with Crippen LogP contribution in [0.2, 0.25) is 0 Å². The minimum absolute atomic E-state index is 0.0614. The van der Waals surface area contributed by atoms with E-state index in [2.05, 4.69) is 15.0 Å². The lowest BCUT2D eigenvalue weighted by Gasteiger charge is -2.01.